The van der Waals surface area contributed by atoms with E-state index in [4.69, 9.17) is 11.6 Å². The molecule has 0 spiro atoms. The largest absolute Gasteiger partial charge is 0.416 e. The molecule has 16 heteroatoms. The van der Waals surface area contributed by atoms with Crippen molar-refractivity contribution in [2.45, 2.75) is 76.8 Å². The van der Waals surface area contributed by atoms with Crippen molar-refractivity contribution in [2.75, 3.05) is 26.7 Å². The zero-order valence-corrected chi connectivity index (χ0v) is 25.6. The maximum Gasteiger partial charge on any atom is 0.416 e. The molecule has 0 radical (unpaired) electrons. The van der Waals surface area contributed by atoms with Crippen LogP contribution < -0.4 is 11.6 Å². The molecule has 1 heterocycles. The van der Waals surface area contributed by atoms with Crippen molar-refractivity contribution >= 4 is 5.96 Å². The normalized spacial score (nSPS) is 17.3. The van der Waals surface area contributed by atoms with E-state index >= 15 is 0 Å². The molecule has 1 aliphatic rings. The van der Waals surface area contributed by atoms with Gasteiger partial charge in [0.25, 0.3) is 6.43 Å². The van der Waals surface area contributed by atoms with Gasteiger partial charge in [0.1, 0.15) is 0 Å². The average Bonchev–Trinajstić information content (AvgIpc) is 3.09. The maximum atomic E-state index is 14.0. The summed E-state index contributed by atoms with van der Waals surface area (Å²) in [7, 11) is 1.28. The zero-order valence-electron chi connectivity index (χ0n) is 25.6. The topological polar surface area (TPSA) is 74.1 Å². The van der Waals surface area contributed by atoms with E-state index in [9.17, 15) is 43.9 Å². The summed E-state index contributed by atoms with van der Waals surface area (Å²) in [5.74, 6) is 1.90. The number of halogens is 10. The SMILES string of the molecule is CC(C)C(CN1CCCC(F)(F)CC1)c1ccc(C(F)F)cc1CN(Cc1cc(C(F)(F)F)cc(C(F)(F)F)c1)/C(N)=N/N(C)N. The highest BCUT2D eigenvalue weighted by molar-refractivity contribution is 5.78. The minimum Gasteiger partial charge on any atom is -0.368 e. The number of nitrogens with two attached hydrogens (primary N) is 2. The lowest BCUT2D eigenvalue weighted by Gasteiger charge is -2.32. The number of likely N-dealkylation sites (tertiary alicyclic amines) is 1. The van der Waals surface area contributed by atoms with Gasteiger partial charge in [-0.25, -0.2) is 28.5 Å². The molecule has 1 atom stereocenters. The van der Waals surface area contributed by atoms with Crippen molar-refractivity contribution in [3.05, 3.63) is 69.8 Å². The summed E-state index contributed by atoms with van der Waals surface area (Å²) in [5, 5.41) is 4.63. The Balaban J connectivity index is 2.10. The molecule has 4 N–H and O–H groups in total. The highest BCUT2D eigenvalue weighted by atomic mass is 19.4. The molecule has 0 bridgehead atoms. The van der Waals surface area contributed by atoms with Gasteiger partial charge in [-0.1, -0.05) is 26.0 Å². The summed E-state index contributed by atoms with van der Waals surface area (Å²) in [4.78, 5) is 3.02. The van der Waals surface area contributed by atoms with E-state index in [0.717, 1.165) is 10.0 Å². The van der Waals surface area contributed by atoms with Crippen LogP contribution in [0.15, 0.2) is 41.5 Å². The number of hydrazone groups is 1. The van der Waals surface area contributed by atoms with Crippen molar-refractivity contribution < 1.29 is 43.9 Å². The molecule has 1 unspecified atom stereocenters. The third-order valence-electron chi connectivity index (χ3n) is 7.86. The Bertz CT molecular complexity index is 1310. The lowest BCUT2D eigenvalue weighted by Crippen LogP contribution is -2.40. The monoisotopic (exact) mass is 672 g/mol. The summed E-state index contributed by atoms with van der Waals surface area (Å²) >= 11 is 0. The van der Waals surface area contributed by atoms with Gasteiger partial charge in [0.15, 0.2) is 0 Å². The van der Waals surface area contributed by atoms with Gasteiger partial charge in [0.2, 0.25) is 11.9 Å². The molecule has 46 heavy (non-hydrogen) atoms. The van der Waals surface area contributed by atoms with Gasteiger partial charge in [0, 0.05) is 51.6 Å². The van der Waals surface area contributed by atoms with Crippen LogP contribution in [0.1, 0.15) is 78.8 Å². The van der Waals surface area contributed by atoms with E-state index in [-0.39, 0.29) is 61.4 Å². The van der Waals surface area contributed by atoms with Crippen LogP contribution in [0.2, 0.25) is 0 Å². The fourth-order valence-corrected chi connectivity index (χ4v) is 5.49. The van der Waals surface area contributed by atoms with E-state index in [1.54, 1.807) is 0 Å². The van der Waals surface area contributed by atoms with E-state index in [1.807, 2.05) is 18.7 Å². The summed E-state index contributed by atoms with van der Waals surface area (Å²) in [5.41, 5.74) is 3.07. The van der Waals surface area contributed by atoms with Gasteiger partial charge >= 0.3 is 12.4 Å². The Morgan fingerprint density at radius 3 is 2.07 bits per heavy atom. The lowest BCUT2D eigenvalue weighted by atomic mass is 9.84. The van der Waals surface area contributed by atoms with E-state index in [2.05, 4.69) is 5.10 Å². The van der Waals surface area contributed by atoms with E-state index < -0.39 is 53.9 Å². The Hall–Kier alpha value is -3.27. The first kappa shape index (κ1) is 37.2. The predicted molar refractivity (Wildman–Crippen MR) is 153 cm³/mol. The number of nitrogens with zero attached hydrogens (tertiary/aromatic N) is 4. The number of benzene rings is 2. The Morgan fingerprint density at radius 1 is 0.935 bits per heavy atom. The molecule has 0 amide bonds. The zero-order chi connectivity index (χ0) is 34.6. The molecule has 1 fully saturated rings. The summed E-state index contributed by atoms with van der Waals surface area (Å²) < 4.78 is 137. The smallest absolute Gasteiger partial charge is 0.368 e. The molecule has 2 aromatic carbocycles. The summed E-state index contributed by atoms with van der Waals surface area (Å²) in [6.07, 6.45) is -13.4. The molecule has 2 aromatic rings. The molecular weight excluding hydrogens is 634 g/mol. The Morgan fingerprint density at radius 2 is 1.54 bits per heavy atom. The van der Waals surface area contributed by atoms with E-state index in [1.165, 1.54) is 25.2 Å². The average molecular weight is 673 g/mol. The van der Waals surface area contributed by atoms with Crippen LogP contribution in [0.5, 0.6) is 0 Å². The van der Waals surface area contributed by atoms with Crippen molar-refractivity contribution in [1.29, 1.82) is 0 Å². The van der Waals surface area contributed by atoms with Crippen LogP contribution >= 0.6 is 0 Å². The molecule has 0 aromatic heterocycles. The van der Waals surface area contributed by atoms with Crippen LogP contribution in [0, 0.1) is 5.92 Å². The number of alkyl halides is 10. The van der Waals surface area contributed by atoms with Crippen LogP contribution in [0.25, 0.3) is 0 Å². The summed E-state index contributed by atoms with van der Waals surface area (Å²) in [6, 6.07) is 5.00. The molecule has 1 aliphatic heterocycles. The number of guanidine groups is 1. The van der Waals surface area contributed by atoms with Crippen LogP contribution in [0.4, 0.5) is 43.9 Å². The second-order valence-electron chi connectivity index (χ2n) is 11.9. The van der Waals surface area contributed by atoms with Gasteiger partial charge in [-0.15, -0.1) is 5.10 Å². The highest BCUT2D eigenvalue weighted by Gasteiger charge is 2.37. The molecule has 0 saturated carbocycles. The van der Waals surface area contributed by atoms with Crippen LogP contribution in [-0.2, 0) is 25.4 Å². The first-order valence-corrected chi connectivity index (χ1v) is 14.5. The molecule has 3 rings (SSSR count). The van der Waals surface area contributed by atoms with Crippen molar-refractivity contribution in [3.8, 4) is 0 Å². The van der Waals surface area contributed by atoms with Gasteiger partial charge in [-0.3, -0.25) is 0 Å². The number of hydrazine groups is 1. The molecule has 258 valence electrons. The van der Waals surface area contributed by atoms with E-state index in [0.29, 0.717) is 30.8 Å². The molecule has 0 aliphatic carbocycles. The molecule has 1 saturated heterocycles. The summed E-state index contributed by atoms with van der Waals surface area (Å²) in [6.45, 7) is 3.61. The fourth-order valence-electron chi connectivity index (χ4n) is 5.49. The quantitative estimate of drug-likeness (QED) is 0.0897. The van der Waals surface area contributed by atoms with Gasteiger partial charge in [0.05, 0.1) is 11.1 Å². The first-order valence-electron chi connectivity index (χ1n) is 14.5. The second-order valence-corrected chi connectivity index (χ2v) is 11.9. The Labute approximate surface area is 261 Å². The minimum atomic E-state index is -5.10. The standard InChI is InChI=1S/C30H38F10N6/c1-18(2)25(17-45-9-4-7-28(33,34)8-10-45)24-6-5-20(26(31)32)13-21(24)16-46(27(41)43-44(3)42)15-19-11-22(29(35,36)37)14-23(12-19)30(38,39)40/h5-6,11-14,18,25-26H,4,7-10,15-17,42H2,1-3H3,(H2,41,43). The van der Waals surface area contributed by atoms with Crippen molar-refractivity contribution in [3.63, 3.8) is 0 Å². The number of rotatable bonds is 10. The van der Waals surface area contributed by atoms with Gasteiger partial charge in [-0.05, 0) is 65.8 Å². The second kappa shape index (κ2) is 14.7. The van der Waals surface area contributed by atoms with Crippen molar-refractivity contribution in [2.24, 2.45) is 22.6 Å². The maximum absolute atomic E-state index is 14.0. The first-order chi connectivity index (χ1) is 21.2. The third kappa shape index (κ3) is 10.4. The molecule has 6 nitrogen and oxygen atoms in total. The lowest BCUT2D eigenvalue weighted by molar-refractivity contribution is -0.143. The van der Waals surface area contributed by atoms with Gasteiger partial charge in [-0.2, -0.15) is 26.3 Å². The van der Waals surface area contributed by atoms with Crippen molar-refractivity contribution in [1.82, 2.24) is 14.9 Å². The van der Waals surface area contributed by atoms with Crippen LogP contribution in [0.3, 0.4) is 0 Å². The Kier molecular flexibility index (Phi) is 11.8. The fraction of sp³-hybridized carbons (Fsp3) is 0.567. The minimum absolute atomic E-state index is 0.00486. The third-order valence-corrected chi connectivity index (χ3v) is 7.86. The van der Waals surface area contributed by atoms with Crippen LogP contribution in [-0.4, -0.2) is 53.5 Å². The number of hydrogen-bond acceptors (Lipinski definition) is 4. The highest BCUT2D eigenvalue weighted by Crippen LogP contribution is 2.38. The van der Waals surface area contributed by atoms with Gasteiger partial charge < -0.3 is 15.5 Å². The predicted octanol–water partition coefficient (Wildman–Crippen LogP) is 7.56. The number of hydrogen-bond donors (Lipinski definition) is 2. The molecular formula is C30H38F10N6.